The summed E-state index contributed by atoms with van der Waals surface area (Å²) in [5, 5.41) is 17.0. The second-order valence-corrected chi connectivity index (χ2v) is 4.92. The Morgan fingerprint density at radius 2 is 2.15 bits per heavy atom. The summed E-state index contributed by atoms with van der Waals surface area (Å²) in [6.07, 6.45) is 0. The van der Waals surface area contributed by atoms with Crippen molar-refractivity contribution in [2.24, 2.45) is 7.05 Å². The molecule has 7 nitrogen and oxygen atoms in total. The monoisotopic (exact) mass is 293 g/mol. The van der Waals surface area contributed by atoms with E-state index in [0.29, 0.717) is 4.88 Å². The van der Waals surface area contributed by atoms with E-state index in [0.717, 1.165) is 4.68 Å². The van der Waals surface area contributed by atoms with Crippen LogP contribution in [0.5, 0.6) is 0 Å². The molecule has 0 saturated heterocycles. The number of rotatable bonds is 4. The van der Waals surface area contributed by atoms with Gasteiger partial charge in [-0.1, -0.05) is 6.07 Å². The van der Waals surface area contributed by atoms with Gasteiger partial charge in [0.05, 0.1) is 0 Å². The summed E-state index contributed by atoms with van der Waals surface area (Å²) >= 11 is 1.23. The third-order valence-corrected chi connectivity index (χ3v) is 3.48. The number of aliphatic carboxylic acids is 1. The molecule has 2 heterocycles. The van der Waals surface area contributed by atoms with Crippen LogP contribution >= 0.6 is 11.3 Å². The van der Waals surface area contributed by atoms with Gasteiger partial charge >= 0.3 is 5.97 Å². The second-order valence-electron chi connectivity index (χ2n) is 3.94. The molecule has 104 valence electrons. The number of carbonyl (C=O) groups excluding carboxylic acids is 1. The van der Waals surface area contributed by atoms with E-state index in [1.807, 2.05) is 0 Å². The predicted molar refractivity (Wildman–Crippen MR) is 71.6 cm³/mol. The van der Waals surface area contributed by atoms with Gasteiger partial charge < -0.3 is 10.4 Å². The molecule has 0 aromatic carbocycles. The van der Waals surface area contributed by atoms with Gasteiger partial charge in [-0.05, 0) is 17.5 Å². The maximum absolute atomic E-state index is 12.0. The molecule has 0 aliphatic rings. The number of thiophene rings is 1. The molecular weight excluding hydrogens is 282 g/mol. The number of hydrogen-bond donors (Lipinski definition) is 2. The fourth-order valence-electron chi connectivity index (χ4n) is 1.54. The minimum atomic E-state index is -1.16. The van der Waals surface area contributed by atoms with Gasteiger partial charge in [0.2, 0.25) is 0 Å². The lowest BCUT2D eigenvalue weighted by Gasteiger charge is -2.12. The van der Waals surface area contributed by atoms with Crippen LogP contribution in [0.2, 0.25) is 0 Å². The van der Waals surface area contributed by atoms with Crippen LogP contribution in [0.1, 0.15) is 21.4 Å². The van der Waals surface area contributed by atoms with Crippen LogP contribution in [0, 0.1) is 0 Å². The van der Waals surface area contributed by atoms with Gasteiger partial charge in [-0.3, -0.25) is 9.59 Å². The van der Waals surface area contributed by atoms with E-state index in [1.54, 1.807) is 17.5 Å². The highest BCUT2D eigenvalue weighted by Gasteiger charge is 2.24. The van der Waals surface area contributed by atoms with Crippen molar-refractivity contribution in [1.82, 2.24) is 15.1 Å². The first-order chi connectivity index (χ1) is 9.49. The molecule has 20 heavy (non-hydrogen) atoms. The average Bonchev–Trinajstić information content (AvgIpc) is 2.92. The molecule has 0 bridgehead atoms. The molecule has 0 aliphatic carbocycles. The summed E-state index contributed by atoms with van der Waals surface area (Å²) in [6.45, 7) is 0. The summed E-state index contributed by atoms with van der Waals surface area (Å²) in [5.74, 6) is -1.81. The van der Waals surface area contributed by atoms with Crippen LogP contribution < -0.4 is 10.9 Å². The highest BCUT2D eigenvalue weighted by molar-refractivity contribution is 7.10. The van der Waals surface area contributed by atoms with Crippen LogP contribution in [0.4, 0.5) is 0 Å². The maximum Gasteiger partial charge on any atom is 0.331 e. The van der Waals surface area contributed by atoms with E-state index in [4.69, 9.17) is 5.11 Å². The Morgan fingerprint density at radius 3 is 2.70 bits per heavy atom. The van der Waals surface area contributed by atoms with Crippen molar-refractivity contribution in [2.75, 3.05) is 0 Å². The number of nitrogens with one attached hydrogen (secondary N) is 1. The summed E-state index contributed by atoms with van der Waals surface area (Å²) in [5.41, 5.74) is -0.371. The van der Waals surface area contributed by atoms with E-state index >= 15 is 0 Å². The zero-order chi connectivity index (χ0) is 14.7. The number of amides is 1. The van der Waals surface area contributed by atoms with Crippen LogP contribution in [-0.4, -0.2) is 26.8 Å². The van der Waals surface area contributed by atoms with E-state index in [9.17, 15) is 14.4 Å². The summed E-state index contributed by atoms with van der Waals surface area (Å²) in [6, 6.07) is 4.64. The second kappa shape index (κ2) is 5.66. The number of nitrogens with zero attached hydrogens (tertiary/aromatic N) is 2. The van der Waals surface area contributed by atoms with Gasteiger partial charge in [-0.25, -0.2) is 9.48 Å². The number of aromatic nitrogens is 2. The van der Waals surface area contributed by atoms with Crippen LogP contribution in [-0.2, 0) is 11.8 Å². The van der Waals surface area contributed by atoms with Gasteiger partial charge in [-0.15, -0.1) is 11.3 Å². The number of carboxylic acids is 1. The SMILES string of the molecule is Cn1nc(C(=O)NC(C(=O)O)c2cccs2)ccc1=O. The van der Waals surface area contributed by atoms with Crippen molar-refractivity contribution in [3.63, 3.8) is 0 Å². The lowest BCUT2D eigenvalue weighted by molar-refractivity contribution is -0.139. The van der Waals surface area contributed by atoms with E-state index < -0.39 is 17.9 Å². The van der Waals surface area contributed by atoms with E-state index in [1.165, 1.54) is 30.5 Å². The lowest BCUT2D eigenvalue weighted by atomic mass is 10.2. The highest BCUT2D eigenvalue weighted by atomic mass is 32.1. The van der Waals surface area contributed by atoms with Gasteiger partial charge in [0.1, 0.15) is 5.69 Å². The molecule has 1 unspecified atom stereocenters. The van der Waals surface area contributed by atoms with Crippen molar-refractivity contribution in [3.05, 3.63) is 50.6 Å². The normalized spacial score (nSPS) is 11.8. The number of carboxylic acid groups (broad SMARTS) is 1. The third-order valence-electron chi connectivity index (χ3n) is 2.54. The Labute approximate surface area is 117 Å². The highest BCUT2D eigenvalue weighted by Crippen LogP contribution is 2.19. The molecule has 0 saturated carbocycles. The number of hydrogen-bond acceptors (Lipinski definition) is 5. The Morgan fingerprint density at radius 1 is 1.40 bits per heavy atom. The molecule has 0 aliphatic heterocycles. The van der Waals surface area contributed by atoms with Crippen molar-refractivity contribution in [2.45, 2.75) is 6.04 Å². The third kappa shape index (κ3) is 2.91. The zero-order valence-electron chi connectivity index (χ0n) is 10.4. The van der Waals surface area contributed by atoms with E-state index in [-0.39, 0.29) is 11.3 Å². The van der Waals surface area contributed by atoms with Crippen LogP contribution in [0.15, 0.2) is 34.4 Å². The molecule has 1 atom stereocenters. The molecule has 8 heteroatoms. The first kappa shape index (κ1) is 13.9. The van der Waals surface area contributed by atoms with E-state index in [2.05, 4.69) is 10.4 Å². The molecule has 0 fully saturated rings. The zero-order valence-corrected chi connectivity index (χ0v) is 11.3. The Bertz CT molecular complexity index is 693. The minimum absolute atomic E-state index is 0.0186. The van der Waals surface area contributed by atoms with Gasteiger partial charge in [0, 0.05) is 18.0 Å². The maximum atomic E-state index is 12.0. The van der Waals surface area contributed by atoms with Crippen LogP contribution in [0.25, 0.3) is 0 Å². The number of aryl methyl sites for hydroxylation is 1. The number of carbonyl (C=O) groups is 2. The molecule has 2 aromatic heterocycles. The molecule has 2 N–H and O–H groups in total. The van der Waals surface area contributed by atoms with Crippen molar-refractivity contribution in [1.29, 1.82) is 0 Å². The van der Waals surface area contributed by atoms with Crippen LogP contribution in [0.3, 0.4) is 0 Å². The van der Waals surface area contributed by atoms with Crippen molar-refractivity contribution in [3.8, 4) is 0 Å². The van der Waals surface area contributed by atoms with Crippen molar-refractivity contribution < 1.29 is 14.7 Å². The summed E-state index contributed by atoms with van der Waals surface area (Å²) in [7, 11) is 1.41. The largest absolute Gasteiger partial charge is 0.479 e. The predicted octanol–water partition coefficient (Wildman–Crippen LogP) is 0.397. The standard InChI is InChI=1S/C12H11N3O4S/c1-15-9(16)5-4-7(14-15)11(17)13-10(12(18)19)8-3-2-6-20-8/h2-6,10H,1H3,(H,13,17)(H,18,19). The topological polar surface area (TPSA) is 101 Å². The Kier molecular flexibility index (Phi) is 3.94. The quantitative estimate of drug-likeness (QED) is 0.849. The lowest BCUT2D eigenvalue weighted by Crippen LogP contribution is -2.35. The van der Waals surface area contributed by atoms with Crippen molar-refractivity contribution >= 4 is 23.2 Å². The fraction of sp³-hybridized carbons (Fsp3) is 0.167. The molecular formula is C12H11N3O4S. The molecule has 0 radical (unpaired) electrons. The molecule has 2 aromatic rings. The summed E-state index contributed by atoms with van der Waals surface area (Å²) < 4.78 is 1.01. The Hall–Kier alpha value is -2.48. The Balaban J connectivity index is 2.22. The fourth-order valence-corrected chi connectivity index (χ4v) is 2.31. The smallest absolute Gasteiger partial charge is 0.331 e. The first-order valence-electron chi connectivity index (χ1n) is 5.60. The van der Waals surface area contributed by atoms with Gasteiger partial charge in [0.15, 0.2) is 6.04 Å². The average molecular weight is 293 g/mol. The minimum Gasteiger partial charge on any atom is -0.479 e. The molecule has 1 amide bonds. The molecule has 0 spiro atoms. The van der Waals surface area contributed by atoms with Gasteiger partial charge in [-0.2, -0.15) is 5.10 Å². The molecule has 2 rings (SSSR count). The van der Waals surface area contributed by atoms with Gasteiger partial charge in [0.25, 0.3) is 11.5 Å². The first-order valence-corrected chi connectivity index (χ1v) is 6.48. The summed E-state index contributed by atoms with van der Waals surface area (Å²) in [4.78, 5) is 34.9.